The molecule has 3 rings (SSSR count). The van der Waals surface area contributed by atoms with Crippen molar-refractivity contribution in [2.24, 2.45) is 0 Å². The Hall–Kier alpha value is -0.800. The topological polar surface area (TPSA) is 15.3 Å². The smallest absolute Gasteiger partial charge is 0.128 e. The lowest BCUT2D eigenvalue weighted by Crippen LogP contribution is -2.56. The first-order valence-corrected chi connectivity index (χ1v) is 5.11. The molecule has 0 aromatic heterocycles. The number of anilines is 1. The Morgan fingerprint density at radius 3 is 2.80 bits per heavy atom. The van der Waals surface area contributed by atoms with E-state index in [1.165, 1.54) is 0 Å². The zero-order valence-corrected chi connectivity index (χ0v) is 9.19. The van der Waals surface area contributed by atoms with E-state index in [4.69, 9.17) is 0 Å². The van der Waals surface area contributed by atoms with Gasteiger partial charge in [0.1, 0.15) is 5.82 Å². The summed E-state index contributed by atoms with van der Waals surface area (Å²) in [5.41, 5.74) is 2.01. The van der Waals surface area contributed by atoms with Gasteiger partial charge < -0.3 is 10.2 Å². The molecule has 0 atom stereocenters. The second kappa shape index (κ2) is 3.99. The van der Waals surface area contributed by atoms with Crippen LogP contribution in [0.3, 0.4) is 0 Å². The van der Waals surface area contributed by atoms with Crippen LogP contribution in [-0.2, 0) is 6.42 Å². The molecule has 1 aromatic rings. The van der Waals surface area contributed by atoms with Crippen molar-refractivity contribution < 1.29 is 4.39 Å². The quantitative estimate of drug-likeness (QED) is 0.785. The highest BCUT2D eigenvalue weighted by molar-refractivity contribution is 5.85. The van der Waals surface area contributed by atoms with Crippen LogP contribution in [0.5, 0.6) is 0 Å². The van der Waals surface area contributed by atoms with Gasteiger partial charge in [0, 0.05) is 30.9 Å². The molecule has 0 bridgehead atoms. The fourth-order valence-corrected chi connectivity index (χ4v) is 2.29. The third-order valence-corrected chi connectivity index (χ3v) is 3.21. The predicted molar refractivity (Wildman–Crippen MR) is 61.4 cm³/mol. The molecule has 1 fully saturated rings. The second-order valence-corrected chi connectivity index (χ2v) is 3.99. The summed E-state index contributed by atoms with van der Waals surface area (Å²) >= 11 is 0. The van der Waals surface area contributed by atoms with Gasteiger partial charge in [0.15, 0.2) is 0 Å². The zero-order chi connectivity index (χ0) is 9.54. The third kappa shape index (κ3) is 1.60. The molecule has 2 heterocycles. The van der Waals surface area contributed by atoms with Crippen LogP contribution in [0.2, 0.25) is 0 Å². The van der Waals surface area contributed by atoms with Gasteiger partial charge in [-0.3, -0.25) is 0 Å². The molecule has 2 nitrogen and oxygen atoms in total. The number of fused-ring (bicyclic) bond motifs is 1. The molecule has 2 aliphatic rings. The lowest BCUT2D eigenvalue weighted by Gasteiger charge is -2.37. The Morgan fingerprint density at radius 2 is 2.13 bits per heavy atom. The van der Waals surface area contributed by atoms with E-state index in [2.05, 4.69) is 10.2 Å². The average Bonchev–Trinajstić information content (AvgIpc) is 2.48. The molecule has 0 unspecified atom stereocenters. The van der Waals surface area contributed by atoms with Crippen LogP contribution in [0.25, 0.3) is 0 Å². The number of nitrogens with zero attached hydrogens (tertiary/aromatic N) is 1. The molecule has 0 spiro atoms. The summed E-state index contributed by atoms with van der Waals surface area (Å²) in [5.74, 6) is -0.0442. The Balaban J connectivity index is 0.000000853. The van der Waals surface area contributed by atoms with E-state index in [-0.39, 0.29) is 18.2 Å². The molecular weight excluding hydrogens is 215 g/mol. The van der Waals surface area contributed by atoms with E-state index < -0.39 is 0 Å². The molecule has 0 amide bonds. The number of rotatable bonds is 1. The molecule has 82 valence electrons. The van der Waals surface area contributed by atoms with Gasteiger partial charge >= 0.3 is 0 Å². The standard InChI is InChI=1S/C11H13FN2.ClH/c12-10-2-1-3-11-9(10)4-5-14(11)8-6-13-7-8;/h1-3,8,13H,4-7H2;1H. The Morgan fingerprint density at radius 1 is 1.33 bits per heavy atom. The van der Waals surface area contributed by atoms with Crippen molar-refractivity contribution in [2.45, 2.75) is 12.5 Å². The average molecular weight is 229 g/mol. The van der Waals surface area contributed by atoms with Crippen LogP contribution < -0.4 is 10.2 Å². The number of hydrogen-bond donors (Lipinski definition) is 1. The van der Waals surface area contributed by atoms with Crippen LogP contribution in [0.1, 0.15) is 5.56 Å². The van der Waals surface area contributed by atoms with Gasteiger partial charge in [-0.1, -0.05) is 6.07 Å². The monoisotopic (exact) mass is 228 g/mol. The first-order chi connectivity index (χ1) is 6.86. The number of hydrogen-bond acceptors (Lipinski definition) is 2. The molecule has 15 heavy (non-hydrogen) atoms. The molecule has 1 aromatic carbocycles. The molecular formula is C11H14ClFN2. The molecule has 4 heteroatoms. The van der Waals surface area contributed by atoms with Gasteiger partial charge in [-0.25, -0.2) is 4.39 Å². The molecule has 0 saturated carbocycles. The number of benzene rings is 1. The summed E-state index contributed by atoms with van der Waals surface area (Å²) in [6.07, 6.45) is 0.860. The van der Waals surface area contributed by atoms with Crippen molar-refractivity contribution in [1.82, 2.24) is 5.32 Å². The summed E-state index contributed by atoms with van der Waals surface area (Å²) < 4.78 is 13.4. The highest BCUT2D eigenvalue weighted by Crippen LogP contribution is 2.31. The summed E-state index contributed by atoms with van der Waals surface area (Å²) in [4.78, 5) is 2.33. The van der Waals surface area contributed by atoms with Crippen molar-refractivity contribution in [1.29, 1.82) is 0 Å². The fourth-order valence-electron chi connectivity index (χ4n) is 2.29. The van der Waals surface area contributed by atoms with Gasteiger partial charge in [-0.2, -0.15) is 0 Å². The normalized spacial score (nSPS) is 19.4. The predicted octanol–water partition coefficient (Wildman–Crippen LogP) is 1.58. The van der Waals surface area contributed by atoms with Gasteiger partial charge in [0.05, 0.1) is 6.04 Å². The van der Waals surface area contributed by atoms with Crippen LogP contribution in [0, 0.1) is 5.82 Å². The first kappa shape index (κ1) is 10.7. The second-order valence-electron chi connectivity index (χ2n) is 3.99. The maximum absolute atomic E-state index is 13.4. The minimum atomic E-state index is -0.0442. The lowest BCUT2D eigenvalue weighted by atomic mass is 10.1. The molecule has 2 aliphatic heterocycles. The van der Waals surface area contributed by atoms with E-state index in [0.29, 0.717) is 6.04 Å². The molecule has 0 radical (unpaired) electrons. The van der Waals surface area contributed by atoms with E-state index >= 15 is 0 Å². The largest absolute Gasteiger partial charge is 0.365 e. The van der Waals surface area contributed by atoms with Crippen molar-refractivity contribution in [3.63, 3.8) is 0 Å². The van der Waals surface area contributed by atoms with E-state index in [1.807, 2.05) is 6.07 Å². The van der Waals surface area contributed by atoms with Crippen molar-refractivity contribution in [3.05, 3.63) is 29.6 Å². The zero-order valence-electron chi connectivity index (χ0n) is 8.37. The van der Waals surface area contributed by atoms with Gasteiger partial charge in [-0.15, -0.1) is 12.4 Å². The summed E-state index contributed by atoms with van der Waals surface area (Å²) in [6.45, 7) is 3.05. The fraction of sp³-hybridized carbons (Fsp3) is 0.455. The van der Waals surface area contributed by atoms with Crippen molar-refractivity contribution >= 4 is 18.1 Å². The van der Waals surface area contributed by atoms with Crippen molar-refractivity contribution in [3.8, 4) is 0 Å². The molecule has 1 N–H and O–H groups in total. The van der Waals surface area contributed by atoms with E-state index in [0.717, 1.165) is 37.3 Å². The van der Waals surface area contributed by atoms with Crippen LogP contribution in [0.4, 0.5) is 10.1 Å². The van der Waals surface area contributed by atoms with Crippen LogP contribution in [0.15, 0.2) is 18.2 Å². The maximum Gasteiger partial charge on any atom is 0.128 e. The lowest BCUT2D eigenvalue weighted by molar-refractivity contribution is 0.420. The van der Waals surface area contributed by atoms with Crippen molar-refractivity contribution in [2.75, 3.05) is 24.5 Å². The first-order valence-electron chi connectivity index (χ1n) is 5.11. The van der Waals surface area contributed by atoms with Crippen LogP contribution >= 0.6 is 12.4 Å². The van der Waals surface area contributed by atoms with E-state index in [1.54, 1.807) is 12.1 Å². The molecule has 1 saturated heterocycles. The highest BCUT2D eigenvalue weighted by atomic mass is 35.5. The summed E-state index contributed by atoms with van der Waals surface area (Å²) in [6, 6.07) is 5.97. The highest BCUT2D eigenvalue weighted by Gasteiger charge is 2.30. The van der Waals surface area contributed by atoms with E-state index in [9.17, 15) is 4.39 Å². The third-order valence-electron chi connectivity index (χ3n) is 3.21. The Kier molecular flexibility index (Phi) is 2.85. The van der Waals surface area contributed by atoms with Gasteiger partial charge in [0.25, 0.3) is 0 Å². The van der Waals surface area contributed by atoms with Crippen LogP contribution in [-0.4, -0.2) is 25.7 Å². The molecule has 0 aliphatic carbocycles. The minimum Gasteiger partial charge on any atom is -0.365 e. The summed E-state index contributed by atoms with van der Waals surface area (Å²) in [5, 5.41) is 3.25. The SMILES string of the molecule is Cl.Fc1cccc2c1CCN2C1CNC1. The Labute approximate surface area is 94.9 Å². The Bertz CT molecular complexity index is 366. The summed E-state index contributed by atoms with van der Waals surface area (Å²) in [7, 11) is 0. The number of nitrogens with one attached hydrogen (secondary N) is 1. The minimum absolute atomic E-state index is 0. The van der Waals surface area contributed by atoms with Gasteiger partial charge in [-0.05, 0) is 18.6 Å². The maximum atomic E-state index is 13.4. The number of halogens is 2. The van der Waals surface area contributed by atoms with Gasteiger partial charge in [0.2, 0.25) is 0 Å².